The summed E-state index contributed by atoms with van der Waals surface area (Å²) in [5.41, 5.74) is 1.27. The molecule has 1 heterocycles. The fraction of sp³-hybridized carbons (Fsp3) is 0.611. The maximum atomic E-state index is 6.41. The molecular weight excluding hydrogens is 274 g/mol. The minimum Gasteiger partial charge on any atom is -0.487 e. The van der Waals surface area contributed by atoms with Gasteiger partial charge in [0.05, 0.1) is 6.04 Å². The number of rotatable bonds is 3. The van der Waals surface area contributed by atoms with Gasteiger partial charge in [-0.2, -0.15) is 0 Å². The van der Waals surface area contributed by atoms with E-state index in [0.717, 1.165) is 31.2 Å². The van der Waals surface area contributed by atoms with Gasteiger partial charge in [-0.15, -0.1) is 0 Å². The molecule has 1 aliphatic heterocycles. The Kier molecular flexibility index (Phi) is 4.55. The Balaban J connectivity index is 1.86. The first kappa shape index (κ1) is 15.2. The molecule has 120 valence electrons. The number of aliphatic imine (C=N–C) groups is 1. The molecule has 1 atom stereocenters. The van der Waals surface area contributed by atoms with Crippen LogP contribution in [0, 0.1) is 0 Å². The number of ether oxygens (including phenoxy) is 1. The van der Waals surface area contributed by atoms with E-state index in [0.29, 0.717) is 0 Å². The number of fused-ring (bicyclic) bond motifs is 1. The summed E-state index contributed by atoms with van der Waals surface area (Å²) in [5, 5.41) is 6.96. The van der Waals surface area contributed by atoms with E-state index in [1.54, 1.807) is 0 Å². The van der Waals surface area contributed by atoms with Crippen LogP contribution in [0.2, 0.25) is 0 Å². The number of guanidine groups is 1. The van der Waals surface area contributed by atoms with Crippen LogP contribution >= 0.6 is 0 Å². The molecule has 1 saturated carbocycles. The van der Waals surface area contributed by atoms with E-state index in [9.17, 15) is 0 Å². The molecule has 1 aromatic rings. The summed E-state index contributed by atoms with van der Waals surface area (Å²) in [5.74, 6) is 1.94. The maximum absolute atomic E-state index is 6.41. The SMILES string of the molecule is CCN=C(NCC)NC1CC2(CCCC2)Oc2ccccc21. The van der Waals surface area contributed by atoms with Crippen LogP contribution < -0.4 is 15.4 Å². The lowest BCUT2D eigenvalue weighted by Gasteiger charge is -2.40. The molecule has 22 heavy (non-hydrogen) atoms. The summed E-state index contributed by atoms with van der Waals surface area (Å²) in [4.78, 5) is 4.55. The van der Waals surface area contributed by atoms with Gasteiger partial charge in [-0.3, -0.25) is 4.99 Å². The molecule has 0 saturated heterocycles. The van der Waals surface area contributed by atoms with Crippen LogP contribution in [0.15, 0.2) is 29.3 Å². The molecule has 1 unspecified atom stereocenters. The van der Waals surface area contributed by atoms with Crippen LogP contribution in [-0.4, -0.2) is 24.7 Å². The lowest BCUT2D eigenvalue weighted by atomic mass is 9.86. The average Bonchev–Trinajstić information content (AvgIpc) is 2.95. The van der Waals surface area contributed by atoms with Crippen LogP contribution in [0.3, 0.4) is 0 Å². The highest BCUT2D eigenvalue weighted by molar-refractivity contribution is 5.80. The van der Waals surface area contributed by atoms with E-state index in [4.69, 9.17) is 4.74 Å². The van der Waals surface area contributed by atoms with Gasteiger partial charge in [0.15, 0.2) is 5.96 Å². The number of para-hydroxylation sites is 1. The van der Waals surface area contributed by atoms with Gasteiger partial charge in [-0.05, 0) is 45.6 Å². The van der Waals surface area contributed by atoms with Gasteiger partial charge in [0.25, 0.3) is 0 Å². The predicted molar refractivity (Wildman–Crippen MR) is 90.4 cm³/mol. The highest BCUT2D eigenvalue weighted by Crippen LogP contribution is 2.46. The molecule has 0 bridgehead atoms. The number of hydrogen-bond acceptors (Lipinski definition) is 2. The summed E-state index contributed by atoms with van der Waals surface area (Å²) in [6.07, 6.45) is 5.91. The van der Waals surface area contributed by atoms with Crippen molar-refractivity contribution in [1.29, 1.82) is 0 Å². The molecule has 4 heteroatoms. The Morgan fingerprint density at radius 2 is 2.05 bits per heavy atom. The molecular formula is C18H27N3O. The molecule has 4 nitrogen and oxygen atoms in total. The Morgan fingerprint density at radius 1 is 1.27 bits per heavy atom. The first-order valence-electron chi connectivity index (χ1n) is 8.59. The molecule has 1 spiro atoms. The molecule has 1 aliphatic carbocycles. The van der Waals surface area contributed by atoms with E-state index in [-0.39, 0.29) is 11.6 Å². The van der Waals surface area contributed by atoms with Crippen molar-refractivity contribution < 1.29 is 4.74 Å². The number of nitrogens with zero attached hydrogens (tertiary/aromatic N) is 1. The normalized spacial score (nSPS) is 23.0. The Hall–Kier alpha value is -1.71. The summed E-state index contributed by atoms with van der Waals surface area (Å²) < 4.78 is 6.41. The van der Waals surface area contributed by atoms with E-state index in [1.807, 2.05) is 0 Å². The fourth-order valence-corrected chi connectivity index (χ4v) is 3.72. The number of hydrogen-bond donors (Lipinski definition) is 2. The van der Waals surface area contributed by atoms with Gasteiger partial charge in [-0.25, -0.2) is 0 Å². The molecule has 0 radical (unpaired) electrons. The van der Waals surface area contributed by atoms with E-state index in [1.165, 1.54) is 31.2 Å². The molecule has 0 amide bonds. The molecule has 2 aliphatic rings. The van der Waals surface area contributed by atoms with Crippen molar-refractivity contribution in [3.8, 4) is 5.75 Å². The molecule has 3 rings (SSSR count). The zero-order chi connectivity index (χ0) is 15.4. The first-order valence-corrected chi connectivity index (χ1v) is 8.59. The summed E-state index contributed by atoms with van der Waals surface area (Å²) in [6, 6.07) is 8.70. The van der Waals surface area contributed by atoms with Gasteiger partial charge in [0.1, 0.15) is 11.4 Å². The molecule has 1 aromatic carbocycles. The number of nitrogens with one attached hydrogen (secondary N) is 2. The summed E-state index contributed by atoms with van der Waals surface area (Å²) in [7, 11) is 0. The minimum atomic E-state index is 0.0234. The quantitative estimate of drug-likeness (QED) is 0.664. The zero-order valence-corrected chi connectivity index (χ0v) is 13.7. The van der Waals surface area contributed by atoms with Gasteiger partial charge < -0.3 is 15.4 Å². The summed E-state index contributed by atoms with van der Waals surface area (Å²) in [6.45, 7) is 5.83. The highest BCUT2D eigenvalue weighted by atomic mass is 16.5. The second-order valence-electron chi connectivity index (χ2n) is 6.28. The van der Waals surface area contributed by atoms with Crippen molar-refractivity contribution in [2.24, 2.45) is 4.99 Å². The van der Waals surface area contributed by atoms with E-state index < -0.39 is 0 Å². The lowest BCUT2D eigenvalue weighted by Crippen LogP contribution is -2.46. The van der Waals surface area contributed by atoms with Gasteiger partial charge >= 0.3 is 0 Å². The van der Waals surface area contributed by atoms with Crippen LogP contribution in [0.25, 0.3) is 0 Å². The van der Waals surface area contributed by atoms with Gasteiger partial charge in [0.2, 0.25) is 0 Å². The van der Waals surface area contributed by atoms with Crippen molar-refractivity contribution >= 4 is 5.96 Å². The minimum absolute atomic E-state index is 0.0234. The second-order valence-corrected chi connectivity index (χ2v) is 6.28. The molecule has 1 fully saturated rings. The number of benzene rings is 1. The second kappa shape index (κ2) is 6.59. The van der Waals surface area contributed by atoms with Crippen molar-refractivity contribution in [2.75, 3.05) is 13.1 Å². The smallest absolute Gasteiger partial charge is 0.191 e. The largest absolute Gasteiger partial charge is 0.487 e. The van der Waals surface area contributed by atoms with Gasteiger partial charge in [0, 0.05) is 25.1 Å². The maximum Gasteiger partial charge on any atom is 0.191 e. The Bertz CT molecular complexity index is 535. The van der Waals surface area contributed by atoms with Gasteiger partial charge in [-0.1, -0.05) is 18.2 Å². The average molecular weight is 301 g/mol. The summed E-state index contributed by atoms with van der Waals surface area (Å²) >= 11 is 0. The van der Waals surface area contributed by atoms with Crippen LogP contribution in [0.5, 0.6) is 5.75 Å². The lowest BCUT2D eigenvalue weighted by molar-refractivity contribution is 0.0396. The van der Waals surface area contributed by atoms with Crippen LogP contribution in [-0.2, 0) is 0 Å². The Labute approximate surface area is 133 Å². The topological polar surface area (TPSA) is 45.7 Å². The fourth-order valence-electron chi connectivity index (χ4n) is 3.72. The van der Waals surface area contributed by atoms with Crippen molar-refractivity contribution in [2.45, 2.75) is 57.6 Å². The molecule has 0 aromatic heterocycles. The van der Waals surface area contributed by atoms with Crippen LogP contribution in [0.1, 0.15) is 57.6 Å². The zero-order valence-electron chi connectivity index (χ0n) is 13.7. The van der Waals surface area contributed by atoms with Crippen LogP contribution in [0.4, 0.5) is 0 Å². The highest BCUT2D eigenvalue weighted by Gasteiger charge is 2.43. The monoisotopic (exact) mass is 301 g/mol. The third-order valence-corrected chi connectivity index (χ3v) is 4.68. The predicted octanol–water partition coefficient (Wildman–Crippen LogP) is 3.40. The van der Waals surface area contributed by atoms with E-state index >= 15 is 0 Å². The van der Waals surface area contributed by atoms with Crippen molar-refractivity contribution in [3.63, 3.8) is 0 Å². The first-order chi connectivity index (χ1) is 10.8. The van der Waals surface area contributed by atoms with Crippen molar-refractivity contribution in [3.05, 3.63) is 29.8 Å². The third kappa shape index (κ3) is 3.06. The van der Waals surface area contributed by atoms with Crippen molar-refractivity contribution in [1.82, 2.24) is 10.6 Å². The van der Waals surface area contributed by atoms with E-state index in [2.05, 4.69) is 53.7 Å². The molecule has 2 N–H and O–H groups in total. The standard InChI is InChI=1S/C18H27N3O/c1-3-19-17(20-4-2)21-15-13-18(11-7-8-12-18)22-16-10-6-5-9-14(15)16/h5-6,9-10,15H,3-4,7-8,11-13H2,1-2H3,(H2,19,20,21). The Morgan fingerprint density at radius 3 is 2.77 bits per heavy atom. The third-order valence-electron chi connectivity index (χ3n) is 4.68.